The summed E-state index contributed by atoms with van der Waals surface area (Å²) in [6.07, 6.45) is 3.64. The third-order valence-electron chi connectivity index (χ3n) is 4.65. The highest BCUT2D eigenvalue weighted by atomic mass is 15.2. The molecule has 0 radical (unpaired) electrons. The monoisotopic (exact) mass is 288 g/mol. The van der Waals surface area contributed by atoms with Crippen LogP contribution < -0.4 is 10.2 Å². The summed E-state index contributed by atoms with van der Waals surface area (Å²) in [5.41, 5.74) is 4.69. The zero-order valence-electron chi connectivity index (χ0n) is 14.5. The second-order valence-corrected chi connectivity index (χ2v) is 7.14. The van der Waals surface area contributed by atoms with Gasteiger partial charge in [-0.15, -0.1) is 0 Å². The first-order valence-corrected chi connectivity index (χ1v) is 8.60. The molecule has 1 unspecified atom stereocenters. The van der Waals surface area contributed by atoms with Crippen molar-refractivity contribution >= 4 is 5.69 Å². The van der Waals surface area contributed by atoms with Crippen molar-refractivity contribution in [1.82, 2.24) is 5.32 Å². The van der Waals surface area contributed by atoms with E-state index in [1.54, 1.807) is 5.56 Å². The Hall–Kier alpha value is -1.02. The predicted molar refractivity (Wildman–Crippen MR) is 93.2 cm³/mol. The standard InChI is InChI=1S/C19H32N2/c1-6-10-20-14-16-8-9-18-17(12-16)15(3)13-19(4,5)21(18)11-7-2/h8-9,12,15,20H,6-7,10-11,13-14H2,1-5H3. The number of nitrogens with zero attached hydrogens (tertiary/aromatic N) is 1. The van der Waals surface area contributed by atoms with E-state index in [4.69, 9.17) is 0 Å². The molecule has 0 saturated heterocycles. The molecule has 2 nitrogen and oxygen atoms in total. The van der Waals surface area contributed by atoms with Gasteiger partial charge < -0.3 is 10.2 Å². The van der Waals surface area contributed by atoms with Gasteiger partial charge in [-0.3, -0.25) is 0 Å². The first-order chi connectivity index (χ1) is 9.99. The molecule has 1 aromatic carbocycles. The number of anilines is 1. The van der Waals surface area contributed by atoms with Crippen LogP contribution in [0.2, 0.25) is 0 Å². The fraction of sp³-hybridized carbons (Fsp3) is 0.684. The Bertz CT molecular complexity index is 465. The molecular weight excluding hydrogens is 256 g/mol. The fourth-order valence-electron chi connectivity index (χ4n) is 3.71. The summed E-state index contributed by atoms with van der Waals surface area (Å²) in [6.45, 7) is 14.9. The molecule has 0 amide bonds. The Morgan fingerprint density at radius 3 is 2.67 bits per heavy atom. The smallest absolute Gasteiger partial charge is 0.0406 e. The van der Waals surface area contributed by atoms with Crippen LogP contribution in [0.25, 0.3) is 0 Å². The molecule has 1 aliphatic rings. The molecule has 21 heavy (non-hydrogen) atoms. The van der Waals surface area contributed by atoms with Gasteiger partial charge in [0.05, 0.1) is 0 Å². The number of benzene rings is 1. The minimum atomic E-state index is 0.268. The molecular formula is C19H32N2. The summed E-state index contributed by atoms with van der Waals surface area (Å²) < 4.78 is 0. The topological polar surface area (TPSA) is 15.3 Å². The highest BCUT2D eigenvalue weighted by Crippen LogP contribution is 2.43. The van der Waals surface area contributed by atoms with Crippen LogP contribution in [0.3, 0.4) is 0 Å². The van der Waals surface area contributed by atoms with Gasteiger partial charge in [-0.2, -0.15) is 0 Å². The Labute approximate surface area is 130 Å². The van der Waals surface area contributed by atoms with Crippen molar-refractivity contribution in [2.24, 2.45) is 0 Å². The van der Waals surface area contributed by atoms with Gasteiger partial charge in [0.15, 0.2) is 0 Å². The third kappa shape index (κ3) is 3.60. The average Bonchev–Trinajstić information content (AvgIpc) is 2.43. The fourth-order valence-corrected chi connectivity index (χ4v) is 3.71. The third-order valence-corrected chi connectivity index (χ3v) is 4.65. The molecule has 0 aliphatic carbocycles. The van der Waals surface area contributed by atoms with Crippen LogP contribution in [-0.4, -0.2) is 18.6 Å². The van der Waals surface area contributed by atoms with Crippen molar-refractivity contribution in [3.8, 4) is 0 Å². The zero-order valence-corrected chi connectivity index (χ0v) is 14.5. The van der Waals surface area contributed by atoms with E-state index in [0.717, 1.165) is 19.6 Å². The Morgan fingerprint density at radius 1 is 1.24 bits per heavy atom. The largest absolute Gasteiger partial charge is 0.366 e. The van der Waals surface area contributed by atoms with Crippen LogP contribution in [0.15, 0.2) is 18.2 Å². The molecule has 1 aromatic rings. The van der Waals surface area contributed by atoms with E-state index in [-0.39, 0.29) is 5.54 Å². The Morgan fingerprint density at radius 2 is 2.00 bits per heavy atom. The lowest BCUT2D eigenvalue weighted by molar-refractivity contribution is 0.376. The summed E-state index contributed by atoms with van der Waals surface area (Å²) in [4.78, 5) is 2.62. The van der Waals surface area contributed by atoms with Crippen LogP contribution in [-0.2, 0) is 6.54 Å². The number of fused-ring (bicyclic) bond motifs is 1. The molecule has 0 spiro atoms. The average molecular weight is 288 g/mol. The zero-order chi connectivity index (χ0) is 15.5. The highest BCUT2D eigenvalue weighted by Gasteiger charge is 2.35. The molecule has 0 saturated carbocycles. The molecule has 0 fully saturated rings. The molecule has 1 heterocycles. The van der Waals surface area contributed by atoms with Gasteiger partial charge in [0.2, 0.25) is 0 Å². The molecule has 1 atom stereocenters. The maximum absolute atomic E-state index is 3.51. The first kappa shape index (κ1) is 16.4. The molecule has 1 aliphatic heterocycles. The summed E-state index contributed by atoms with van der Waals surface area (Å²) >= 11 is 0. The van der Waals surface area contributed by atoms with E-state index in [2.05, 4.69) is 63.0 Å². The van der Waals surface area contributed by atoms with Crippen molar-refractivity contribution in [3.63, 3.8) is 0 Å². The second kappa shape index (κ2) is 6.83. The van der Waals surface area contributed by atoms with Gasteiger partial charge in [0.25, 0.3) is 0 Å². The van der Waals surface area contributed by atoms with Gasteiger partial charge in [-0.1, -0.05) is 32.9 Å². The van der Waals surface area contributed by atoms with Crippen LogP contribution in [0.4, 0.5) is 5.69 Å². The van der Waals surface area contributed by atoms with E-state index >= 15 is 0 Å². The van der Waals surface area contributed by atoms with Crippen LogP contribution in [0.1, 0.15) is 70.9 Å². The maximum atomic E-state index is 3.51. The number of hydrogen-bond acceptors (Lipinski definition) is 2. The van der Waals surface area contributed by atoms with Crippen molar-refractivity contribution in [1.29, 1.82) is 0 Å². The van der Waals surface area contributed by atoms with Gasteiger partial charge in [0.1, 0.15) is 0 Å². The first-order valence-electron chi connectivity index (χ1n) is 8.60. The molecule has 1 N–H and O–H groups in total. The van der Waals surface area contributed by atoms with Crippen LogP contribution in [0, 0.1) is 0 Å². The summed E-state index contributed by atoms with van der Waals surface area (Å²) in [5.74, 6) is 0.647. The number of hydrogen-bond donors (Lipinski definition) is 1. The summed E-state index contributed by atoms with van der Waals surface area (Å²) in [5, 5.41) is 3.51. The van der Waals surface area contributed by atoms with E-state index < -0.39 is 0 Å². The minimum absolute atomic E-state index is 0.268. The van der Waals surface area contributed by atoms with Crippen molar-refractivity contribution in [2.45, 2.75) is 71.9 Å². The van der Waals surface area contributed by atoms with E-state index in [9.17, 15) is 0 Å². The van der Waals surface area contributed by atoms with E-state index in [1.165, 1.54) is 30.5 Å². The number of nitrogens with one attached hydrogen (secondary N) is 1. The van der Waals surface area contributed by atoms with Crippen molar-refractivity contribution in [3.05, 3.63) is 29.3 Å². The Balaban J connectivity index is 2.27. The molecule has 0 aromatic heterocycles. The quantitative estimate of drug-likeness (QED) is 0.764. The summed E-state index contributed by atoms with van der Waals surface area (Å²) in [6, 6.07) is 7.09. The van der Waals surface area contributed by atoms with Gasteiger partial charge in [-0.05, 0) is 62.8 Å². The van der Waals surface area contributed by atoms with Crippen molar-refractivity contribution in [2.75, 3.05) is 18.0 Å². The van der Waals surface area contributed by atoms with Gasteiger partial charge in [-0.25, -0.2) is 0 Å². The lowest BCUT2D eigenvalue weighted by Gasteiger charge is -2.47. The van der Waals surface area contributed by atoms with E-state index in [1.807, 2.05) is 0 Å². The van der Waals surface area contributed by atoms with Crippen molar-refractivity contribution < 1.29 is 0 Å². The predicted octanol–water partition coefficient (Wildman–Crippen LogP) is 4.69. The molecule has 2 heteroatoms. The maximum Gasteiger partial charge on any atom is 0.0406 e. The second-order valence-electron chi connectivity index (χ2n) is 7.14. The summed E-state index contributed by atoms with van der Waals surface area (Å²) in [7, 11) is 0. The highest BCUT2D eigenvalue weighted by molar-refractivity contribution is 5.60. The SMILES string of the molecule is CCCNCc1ccc2c(c1)C(C)CC(C)(C)N2CCC. The molecule has 2 rings (SSSR count). The minimum Gasteiger partial charge on any atom is -0.366 e. The normalized spacial score (nSPS) is 20.4. The number of rotatable bonds is 6. The van der Waals surface area contributed by atoms with Gasteiger partial charge >= 0.3 is 0 Å². The van der Waals surface area contributed by atoms with Crippen LogP contribution >= 0.6 is 0 Å². The van der Waals surface area contributed by atoms with Crippen LogP contribution in [0.5, 0.6) is 0 Å². The molecule has 118 valence electrons. The lowest BCUT2D eigenvalue weighted by Crippen LogP contribution is -2.48. The van der Waals surface area contributed by atoms with E-state index in [0.29, 0.717) is 5.92 Å². The van der Waals surface area contributed by atoms with Gasteiger partial charge in [0, 0.05) is 24.3 Å². The Kier molecular flexibility index (Phi) is 5.32. The lowest BCUT2D eigenvalue weighted by atomic mass is 9.79. The molecule has 0 bridgehead atoms.